The highest BCUT2D eigenvalue weighted by atomic mass is 16.6. The Morgan fingerprint density at radius 3 is 1.23 bits per heavy atom. The molecular formula is C56H90O6. The Morgan fingerprint density at radius 1 is 0.355 bits per heavy atom. The summed E-state index contributed by atoms with van der Waals surface area (Å²) < 4.78 is 16.7. The molecule has 0 aliphatic rings. The van der Waals surface area contributed by atoms with Crippen molar-refractivity contribution in [2.45, 2.75) is 213 Å². The van der Waals surface area contributed by atoms with Gasteiger partial charge in [0.25, 0.3) is 0 Å². The minimum Gasteiger partial charge on any atom is -0.462 e. The van der Waals surface area contributed by atoms with E-state index in [0.717, 1.165) is 103 Å². The minimum absolute atomic E-state index is 0.106. The predicted molar refractivity (Wildman–Crippen MR) is 265 cm³/mol. The molecule has 0 aliphatic carbocycles. The molecule has 6 heteroatoms. The van der Waals surface area contributed by atoms with Crippen molar-refractivity contribution in [3.8, 4) is 0 Å². The van der Waals surface area contributed by atoms with Crippen molar-refractivity contribution in [1.82, 2.24) is 0 Å². The predicted octanol–water partition coefficient (Wildman–Crippen LogP) is 16.4. The van der Waals surface area contributed by atoms with E-state index in [2.05, 4.69) is 106 Å². The summed E-state index contributed by atoms with van der Waals surface area (Å²) in [6.45, 7) is 6.30. The molecule has 0 saturated carbocycles. The molecule has 0 rings (SSSR count). The maximum Gasteiger partial charge on any atom is 0.306 e. The van der Waals surface area contributed by atoms with Crippen molar-refractivity contribution in [3.05, 3.63) is 109 Å². The Labute approximate surface area is 380 Å². The fourth-order valence-electron chi connectivity index (χ4n) is 6.43. The van der Waals surface area contributed by atoms with E-state index >= 15 is 0 Å². The highest BCUT2D eigenvalue weighted by Crippen LogP contribution is 2.14. The van der Waals surface area contributed by atoms with E-state index in [9.17, 15) is 14.4 Å². The molecule has 6 nitrogen and oxygen atoms in total. The molecule has 1 unspecified atom stereocenters. The van der Waals surface area contributed by atoms with Crippen LogP contribution in [-0.2, 0) is 28.6 Å². The van der Waals surface area contributed by atoms with Gasteiger partial charge < -0.3 is 14.2 Å². The summed E-state index contributed by atoms with van der Waals surface area (Å²) in [5.74, 6) is -0.997. The molecule has 0 fully saturated rings. The number of ether oxygens (including phenoxy) is 3. The smallest absolute Gasteiger partial charge is 0.306 e. The first kappa shape index (κ1) is 58.1. The van der Waals surface area contributed by atoms with Gasteiger partial charge in [0.05, 0.1) is 0 Å². The van der Waals surface area contributed by atoms with Gasteiger partial charge in [0.1, 0.15) is 13.2 Å². The first-order valence-corrected chi connectivity index (χ1v) is 24.9. The number of unbranched alkanes of at least 4 members (excludes halogenated alkanes) is 17. The van der Waals surface area contributed by atoms with Crippen LogP contribution in [0.1, 0.15) is 207 Å². The summed E-state index contributed by atoms with van der Waals surface area (Å²) in [5.41, 5.74) is 0. The van der Waals surface area contributed by atoms with Crippen LogP contribution in [0, 0.1) is 0 Å². The third-order valence-corrected chi connectivity index (χ3v) is 10.1. The first-order valence-electron chi connectivity index (χ1n) is 24.9. The number of hydrogen-bond donors (Lipinski definition) is 0. The Bertz CT molecular complexity index is 1310. The average Bonchev–Trinajstić information content (AvgIpc) is 3.27. The van der Waals surface area contributed by atoms with Gasteiger partial charge in [0.2, 0.25) is 0 Å². The van der Waals surface area contributed by atoms with Gasteiger partial charge in [0.15, 0.2) is 6.10 Å². The lowest BCUT2D eigenvalue weighted by Gasteiger charge is -2.18. The molecule has 0 amide bonds. The summed E-state index contributed by atoms with van der Waals surface area (Å²) in [6.07, 6.45) is 66.4. The van der Waals surface area contributed by atoms with E-state index in [4.69, 9.17) is 14.2 Å². The Morgan fingerprint density at radius 2 is 0.726 bits per heavy atom. The van der Waals surface area contributed by atoms with Crippen LogP contribution in [0.5, 0.6) is 0 Å². The standard InChI is InChI=1S/C56H90O6/c1-4-7-10-13-16-19-22-25-27-28-30-31-34-37-40-43-46-49-55(58)61-52-53(51-60-54(57)48-45-42-39-36-33-24-21-18-15-12-9-6-3)62-56(59)50-47-44-41-38-35-32-29-26-23-20-17-14-11-8-5-2/h7-8,10-11,14,16-17,19-20,23,25-27,29-31,37,40,53H,4-6,9,12-13,15,18,21-22,24,28,32-36,38-39,41-52H2,1-3H3/b10-7-,11-8-,17-14-,19-16-,23-20-,27-25-,29-26-,31-30-,40-37-. The van der Waals surface area contributed by atoms with Crippen LogP contribution in [0.3, 0.4) is 0 Å². The summed E-state index contributed by atoms with van der Waals surface area (Å²) in [5, 5.41) is 0. The van der Waals surface area contributed by atoms with Gasteiger partial charge in [-0.1, -0.05) is 220 Å². The Kier molecular flexibility index (Phi) is 46.6. The molecule has 0 aromatic carbocycles. The molecule has 0 saturated heterocycles. The second-order valence-electron chi connectivity index (χ2n) is 16.1. The SMILES string of the molecule is CC\C=C/C=C\C=C/C=C\CCCCCCCC(=O)OC(COC(=O)CCC/C=C\C/C=C\C/C=C\C/C=C\C/C=C\CC)COC(=O)CCCCCCCCCCCCCC. The third kappa shape index (κ3) is 47.1. The number of hydrogen-bond acceptors (Lipinski definition) is 6. The maximum atomic E-state index is 12.8. The van der Waals surface area contributed by atoms with E-state index in [1.807, 2.05) is 24.3 Å². The van der Waals surface area contributed by atoms with E-state index < -0.39 is 6.10 Å². The monoisotopic (exact) mass is 859 g/mol. The van der Waals surface area contributed by atoms with Gasteiger partial charge in [-0.15, -0.1) is 0 Å². The van der Waals surface area contributed by atoms with Gasteiger partial charge in [-0.05, 0) is 77.0 Å². The van der Waals surface area contributed by atoms with Crippen LogP contribution in [0.4, 0.5) is 0 Å². The largest absolute Gasteiger partial charge is 0.462 e. The molecule has 62 heavy (non-hydrogen) atoms. The summed E-state index contributed by atoms with van der Waals surface area (Å²) in [6, 6.07) is 0. The zero-order valence-corrected chi connectivity index (χ0v) is 39.8. The number of carbonyl (C=O) groups is 3. The van der Waals surface area contributed by atoms with Gasteiger partial charge >= 0.3 is 17.9 Å². The lowest BCUT2D eigenvalue weighted by molar-refractivity contribution is -0.167. The third-order valence-electron chi connectivity index (χ3n) is 10.1. The molecule has 0 spiro atoms. The normalized spacial score (nSPS) is 13.0. The summed E-state index contributed by atoms with van der Waals surface area (Å²) in [7, 11) is 0. The first-order chi connectivity index (χ1) is 30.5. The van der Waals surface area contributed by atoms with Gasteiger partial charge in [0, 0.05) is 19.3 Å². The molecule has 1 atom stereocenters. The van der Waals surface area contributed by atoms with Crippen molar-refractivity contribution in [2.24, 2.45) is 0 Å². The van der Waals surface area contributed by atoms with Gasteiger partial charge in [-0.3, -0.25) is 14.4 Å². The second-order valence-corrected chi connectivity index (χ2v) is 16.1. The van der Waals surface area contributed by atoms with Crippen LogP contribution in [0.2, 0.25) is 0 Å². The van der Waals surface area contributed by atoms with Crippen LogP contribution < -0.4 is 0 Å². The number of rotatable bonds is 43. The second kappa shape index (κ2) is 49.7. The zero-order chi connectivity index (χ0) is 45.1. The average molecular weight is 859 g/mol. The van der Waals surface area contributed by atoms with Crippen LogP contribution in [0.25, 0.3) is 0 Å². The van der Waals surface area contributed by atoms with Crippen molar-refractivity contribution in [2.75, 3.05) is 13.2 Å². The molecule has 0 heterocycles. The van der Waals surface area contributed by atoms with Gasteiger partial charge in [-0.2, -0.15) is 0 Å². The molecule has 0 aliphatic heterocycles. The van der Waals surface area contributed by atoms with E-state index in [1.54, 1.807) is 0 Å². The van der Waals surface area contributed by atoms with E-state index in [1.165, 1.54) is 57.8 Å². The van der Waals surface area contributed by atoms with Crippen molar-refractivity contribution in [1.29, 1.82) is 0 Å². The highest BCUT2D eigenvalue weighted by molar-refractivity contribution is 5.71. The number of allylic oxidation sites excluding steroid dienone is 18. The molecule has 0 aromatic heterocycles. The lowest BCUT2D eigenvalue weighted by atomic mass is 10.0. The van der Waals surface area contributed by atoms with E-state index in [0.29, 0.717) is 12.8 Å². The fraction of sp³-hybridized carbons (Fsp3) is 0.625. The fourth-order valence-corrected chi connectivity index (χ4v) is 6.43. The molecule has 0 bridgehead atoms. The minimum atomic E-state index is -0.813. The maximum absolute atomic E-state index is 12.8. The Hall–Kier alpha value is -3.93. The zero-order valence-electron chi connectivity index (χ0n) is 39.8. The summed E-state index contributed by atoms with van der Waals surface area (Å²) in [4.78, 5) is 37.9. The van der Waals surface area contributed by atoms with Crippen molar-refractivity contribution >= 4 is 17.9 Å². The number of esters is 3. The molecular weight excluding hydrogens is 769 g/mol. The lowest BCUT2D eigenvalue weighted by Crippen LogP contribution is -2.30. The van der Waals surface area contributed by atoms with Crippen LogP contribution in [-0.4, -0.2) is 37.2 Å². The van der Waals surface area contributed by atoms with Crippen molar-refractivity contribution in [3.63, 3.8) is 0 Å². The summed E-state index contributed by atoms with van der Waals surface area (Å²) >= 11 is 0. The van der Waals surface area contributed by atoms with Crippen molar-refractivity contribution < 1.29 is 28.6 Å². The molecule has 0 N–H and O–H groups in total. The Balaban J connectivity index is 4.53. The highest BCUT2D eigenvalue weighted by Gasteiger charge is 2.19. The topological polar surface area (TPSA) is 78.9 Å². The molecule has 0 aromatic rings. The molecule has 0 radical (unpaired) electrons. The quantitative estimate of drug-likeness (QED) is 0.0200. The van der Waals surface area contributed by atoms with Crippen LogP contribution in [0.15, 0.2) is 109 Å². The van der Waals surface area contributed by atoms with Crippen LogP contribution >= 0.6 is 0 Å². The number of carbonyl (C=O) groups excluding carboxylic acids is 3. The molecule has 350 valence electrons. The van der Waals surface area contributed by atoms with E-state index in [-0.39, 0.29) is 44.0 Å². The van der Waals surface area contributed by atoms with Gasteiger partial charge in [-0.25, -0.2) is 0 Å².